The molecule has 0 bridgehead atoms. The van der Waals surface area contributed by atoms with Crippen LogP contribution in [0, 0.1) is 5.82 Å². The fourth-order valence-corrected chi connectivity index (χ4v) is 4.27. The number of carboxylic acids is 1. The zero-order valence-corrected chi connectivity index (χ0v) is 25.4. The van der Waals surface area contributed by atoms with Crippen molar-refractivity contribution in [1.29, 1.82) is 0 Å². The molecule has 0 fully saturated rings. The van der Waals surface area contributed by atoms with Crippen molar-refractivity contribution in [2.45, 2.75) is 31.0 Å². The van der Waals surface area contributed by atoms with E-state index in [1.54, 1.807) is 0 Å². The molecule has 22 heteroatoms. The smallest absolute Gasteiger partial charge is 0.475 e. The molecule has 1 aliphatic rings. The number of nitrogens with zero attached hydrogens (tertiary/aromatic N) is 2. The molecule has 0 saturated heterocycles. The van der Waals surface area contributed by atoms with Crippen LogP contribution in [-0.2, 0) is 25.3 Å². The zero-order valence-electron chi connectivity index (χ0n) is 24.7. The van der Waals surface area contributed by atoms with Crippen LogP contribution in [0.4, 0.5) is 40.8 Å². The number of amides is 2. The molecule has 2 aromatic carbocycles. The molecule has 6 N–H and O–H groups in total. The molecular weight excluding hydrogens is 706 g/mol. The van der Waals surface area contributed by atoms with Crippen LogP contribution in [0.1, 0.15) is 33.9 Å². The first-order chi connectivity index (χ1) is 22.8. The summed E-state index contributed by atoms with van der Waals surface area (Å²) in [5.41, 5.74) is -1.03. The highest BCUT2D eigenvalue weighted by Gasteiger charge is 2.38. The molecule has 2 amide bonds. The number of aliphatic imine (C=N–C) groups is 1. The van der Waals surface area contributed by atoms with Crippen LogP contribution in [0.5, 0.6) is 0 Å². The molecule has 2 atom stereocenters. The van der Waals surface area contributed by atoms with E-state index in [0.29, 0.717) is 22.7 Å². The maximum Gasteiger partial charge on any atom is 0.490 e. The summed E-state index contributed by atoms with van der Waals surface area (Å²) in [5, 5.41) is 24.0. The summed E-state index contributed by atoms with van der Waals surface area (Å²) < 4.78 is 104. The number of H-pyrrole nitrogens is 1. The molecule has 13 nitrogen and oxygen atoms in total. The van der Waals surface area contributed by atoms with Crippen molar-refractivity contribution >= 4 is 57.9 Å². The Morgan fingerprint density at radius 1 is 1.12 bits per heavy atom. The van der Waals surface area contributed by atoms with Crippen LogP contribution in [0.3, 0.4) is 0 Å². The van der Waals surface area contributed by atoms with Gasteiger partial charge in [-0.2, -0.15) is 31.4 Å². The van der Waals surface area contributed by atoms with Crippen LogP contribution in [0.2, 0.25) is 5.02 Å². The first-order valence-corrected chi connectivity index (χ1v) is 13.8. The van der Waals surface area contributed by atoms with Crippen molar-refractivity contribution in [1.82, 2.24) is 26.1 Å². The molecule has 2 heterocycles. The normalized spacial score (nSPS) is 15.1. The Kier molecular flexibility index (Phi) is 12.3. The number of carbonyl (C=O) groups is 4. The number of anilines is 1. The van der Waals surface area contributed by atoms with Gasteiger partial charge in [0.2, 0.25) is 5.91 Å². The Labute approximate surface area is 274 Å². The lowest BCUT2D eigenvalue weighted by Gasteiger charge is -2.21. The number of methoxy groups -OCH3 is 1. The summed E-state index contributed by atoms with van der Waals surface area (Å²) in [4.78, 5) is 50.5. The molecule has 1 aliphatic heterocycles. The van der Waals surface area contributed by atoms with E-state index in [1.807, 2.05) is 0 Å². The molecule has 1 unspecified atom stereocenters. The molecule has 0 aliphatic carbocycles. The number of ether oxygens (including phenoxy) is 1. The minimum absolute atomic E-state index is 0.0439. The first-order valence-electron chi connectivity index (χ1n) is 13.5. The van der Waals surface area contributed by atoms with Gasteiger partial charge < -0.3 is 31.1 Å². The van der Waals surface area contributed by atoms with E-state index in [2.05, 4.69) is 41.2 Å². The van der Waals surface area contributed by atoms with E-state index in [0.717, 1.165) is 13.2 Å². The van der Waals surface area contributed by atoms with E-state index >= 15 is 0 Å². The molecule has 0 spiro atoms. The summed E-state index contributed by atoms with van der Waals surface area (Å²) in [7, 11) is 1.04. The summed E-state index contributed by atoms with van der Waals surface area (Å²) in [6.45, 7) is -0.639. The average molecular weight is 730 g/mol. The predicted molar refractivity (Wildman–Crippen MR) is 155 cm³/mol. The van der Waals surface area contributed by atoms with Gasteiger partial charge >= 0.3 is 24.3 Å². The SMILES string of the molecule is COC(=O)C[C@H](NC(=O)CNC(=O)c1cc(NC2=NCC(F)CN2)c2cn[nH]c2c1)c1cc(Cl)c(F)c(C(F)(F)F)c1.O=C(O)C(F)(F)F. The van der Waals surface area contributed by atoms with Gasteiger partial charge in [-0.25, -0.2) is 18.6 Å². The van der Waals surface area contributed by atoms with Gasteiger partial charge in [0.05, 0.1) is 67.2 Å². The third-order valence-corrected chi connectivity index (χ3v) is 6.63. The fraction of sp³-hybridized carbons (Fsp3) is 0.333. The third kappa shape index (κ3) is 10.6. The average Bonchev–Trinajstić information content (AvgIpc) is 3.50. The number of benzene rings is 2. The van der Waals surface area contributed by atoms with Gasteiger partial charge in [0, 0.05) is 10.9 Å². The molecule has 266 valence electrons. The first kappa shape index (κ1) is 38.2. The monoisotopic (exact) mass is 729 g/mol. The van der Waals surface area contributed by atoms with Gasteiger partial charge in [0.25, 0.3) is 5.91 Å². The van der Waals surface area contributed by atoms with Gasteiger partial charge in [-0.15, -0.1) is 0 Å². The Bertz CT molecular complexity index is 1750. The highest BCUT2D eigenvalue weighted by atomic mass is 35.5. The summed E-state index contributed by atoms with van der Waals surface area (Å²) in [6.07, 6.45) is -10.4. The zero-order chi connectivity index (χ0) is 36.7. The minimum atomic E-state index is -5.10. The van der Waals surface area contributed by atoms with Crippen molar-refractivity contribution < 1.29 is 64.1 Å². The van der Waals surface area contributed by atoms with E-state index in [-0.39, 0.29) is 30.2 Å². The fourth-order valence-electron chi connectivity index (χ4n) is 4.04. The van der Waals surface area contributed by atoms with E-state index in [1.165, 1.54) is 18.3 Å². The van der Waals surface area contributed by atoms with Crippen LogP contribution in [0.15, 0.2) is 35.5 Å². The number of hydrogen-bond donors (Lipinski definition) is 6. The van der Waals surface area contributed by atoms with Crippen molar-refractivity contribution in [2.24, 2.45) is 4.99 Å². The van der Waals surface area contributed by atoms with Gasteiger partial charge in [-0.05, 0) is 29.8 Å². The van der Waals surface area contributed by atoms with Crippen molar-refractivity contribution in [3.8, 4) is 0 Å². The van der Waals surface area contributed by atoms with Crippen molar-refractivity contribution in [2.75, 3.05) is 32.1 Å². The van der Waals surface area contributed by atoms with Gasteiger partial charge in [-0.1, -0.05) is 11.6 Å². The number of rotatable bonds is 8. The molecular formula is C27H24ClF8N7O6. The topological polar surface area (TPSA) is 187 Å². The molecule has 4 rings (SSSR count). The Hall–Kier alpha value is -5.21. The number of fused-ring (bicyclic) bond motifs is 1. The number of alkyl halides is 7. The minimum Gasteiger partial charge on any atom is -0.475 e. The second-order valence-electron chi connectivity index (χ2n) is 9.90. The van der Waals surface area contributed by atoms with Crippen LogP contribution < -0.4 is 21.3 Å². The third-order valence-electron chi connectivity index (χ3n) is 6.36. The number of guanidine groups is 1. The summed E-state index contributed by atoms with van der Waals surface area (Å²) in [5.74, 6) is -6.65. The van der Waals surface area contributed by atoms with Gasteiger partial charge in [0.15, 0.2) is 11.8 Å². The molecule has 1 aromatic heterocycles. The standard InChI is InChI=1S/C25H23ClF5N7O4.C2HF3O2/c1-42-21(40)6-17(11-2-15(25(29,30)31)22(28)16(26)3-11)36-20(39)10-32-23(41)12-4-18(14-9-35-38-19(14)5-12)37-24-33-7-13(27)8-34-24;3-2(4,5)1(6)7/h2-5,9,13,17H,6-8,10H2,1H3,(H,32,41)(H,35,38)(H,36,39)(H2,33,34,37);(H,6,7)/t17-;/m0./s1. The van der Waals surface area contributed by atoms with Crippen LogP contribution in [0.25, 0.3) is 10.9 Å². The number of hydrogen-bond acceptors (Lipinski definition) is 9. The van der Waals surface area contributed by atoms with Crippen LogP contribution >= 0.6 is 11.6 Å². The number of aliphatic carboxylic acids is 1. The maximum absolute atomic E-state index is 14.0. The quantitative estimate of drug-likeness (QED) is 0.148. The summed E-state index contributed by atoms with van der Waals surface area (Å²) in [6, 6.07) is 2.81. The highest BCUT2D eigenvalue weighted by molar-refractivity contribution is 6.30. The lowest BCUT2D eigenvalue weighted by atomic mass is 10.00. The highest BCUT2D eigenvalue weighted by Crippen LogP contribution is 2.37. The van der Waals surface area contributed by atoms with E-state index < -0.39 is 77.7 Å². The Balaban J connectivity index is 0.000000838. The summed E-state index contributed by atoms with van der Waals surface area (Å²) >= 11 is 5.66. The number of esters is 1. The second kappa shape index (κ2) is 15.8. The predicted octanol–water partition coefficient (Wildman–Crippen LogP) is 3.87. The second-order valence-corrected chi connectivity index (χ2v) is 10.3. The molecule has 49 heavy (non-hydrogen) atoms. The van der Waals surface area contributed by atoms with Gasteiger partial charge in [0.1, 0.15) is 6.17 Å². The molecule has 0 radical (unpaired) electrons. The largest absolute Gasteiger partial charge is 0.490 e. The number of carboxylic acid groups (broad SMARTS) is 1. The number of carbonyl (C=O) groups excluding carboxylic acids is 3. The maximum atomic E-state index is 14.0. The lowest BCUT2D eigenvalue weighted by molar-refractivity contribution is -0.192. The van der Waals surface area contributed by atoms with Crippen molar-refractivity contribution in [3.05, 3.63) is 58.0 Å². The molecule has 0 saturated carbocycles. The lowest BCUT2D eigenvalue weighted by Crippen LogP contribution is -2.41. The number of nitrogens with one attached hydrogen (secondary N) is 5. The Morgan fingerprint density at radius 3 is 2.37 bits per heavy atom. The number of halogens is 9. The van der Waals surface area contributed by atoms with Gasteiger partial charge in [-0.3, -0.25) is 19.5 Å². The Morgan fingerprint density at radius 2 is 1.80 bits per heavy atom. The van der Waals surface area contributed by atoms with Crippen molar-refractivity contribution in [3.63, 3.8) is 0 Å². The number of aromatic nitrogens is 2. The molecule has 3 aromatic rings. The van der Waals surface area contributed by atoms with E-state index in [9.17, 15) is 49.5 Å². The van der Waals surface area contributed by atoms with Crippen LogP contribution in [-0.4, -0.2) is 84.1 Å². The van der Waals surface area contributed by atoms with E-state index in [4.69, 9.17) is 21.5 Å². The number of aromatic amines is 1.